The normalized spacial score (nSPS) is 15.3. The first-order valence-corrected chi connectivity index (χ1v) is 8.34. The van der Waals surface area contributed by atoms with E-state index < -0.39 is 11.6 Å². The van der Waals surface area contributed by atoms with E-state index in [0.29, 0.717) is 22.6 Å². The molecule has 0 amide bonds. The lowest BCUT2D eigenvalue weighted by Gasteiger charge is -2.18. The predicted octanol–water partition coefficient (Wildman–Crippen LogP) is 3.87. The number of aliphatic hydroxyl groups excluding tert-OH is 1. The molecule has 0 unspecified atom stereocenters. The minimum atomic E-state index is -0.551. The fourth-order valence-electron chi connectivity index (χ4n) is 3.00. The van der Waals surface area contributed by atoms with E-state index in [-0.39, 0.29) is 23.2 Å². The highest BCUT2D eigenvalue weighted by atomic mass is 35.5. The molecule has 1 aliphatic carbocycles. The van der Waals surface area contributed by atoms with Gasteiger partial charge >= 0.3 is 0 Å². The second kappa shape index (κ2) is 7.01. The van der Waals surface area contributed by atoms with Crippen molar-refractivity contribution < 1.29 is 14.3 Å². The van der Waals surface area contributed by atoms with Gasteiger partial charge in [0.1, 0.15) is 5.82 Å². The maximum Gasteiger partial charge on any atom is 0.197 e. The van der Waals surface area contributed by atoms with E-state index in [1.165, 1.54) is 0 Å². The number of carbonyl (C=O) groups is 1. The molecular formula is C19H19ClFNO2. The van der Waals surface area contributed by atoms with Crippen LogP contribution in [0.1, 0.15) is 45.9 Å². The van der Waals surface area contributed by atoms with Crippen LogP contribution in [-0.4, -0.2) is 17.9 Å². The van der Waals surface area contributed by atoms with Gasteiger partial charge in [0.15, 0.2) is 5.78 Å². The van der Waals surface area contributed by atoms with Crippen LogP contribution < -0.4 is 5.32 Å². The van der Waals surface area contributed by atoms with Crippen molar-refractivity contribution in [2.75, 3.05) is 7.05 Å². The van der Waals surface area contributed by atoms with Crippen LogP contribution in [0.4, 0.5) is 4.39 Å². The van der Waals surface area contributed by atoms with Crippen LogP contribution in [0.3, 0.4) is 0 Å². The van der Waals surface area contributed by atoms with Crippen molar-refractivity contribution in [3.05, 3.63) is 69.5 Å². The Morgan fingerprint density at radius 3 is 2.50 bits per heavy atom. The van der Waals surface area contributed by atoms with Gasteiger partial charge in [0, 0.05) is 17.2 Å². The van der Waals surface area contributed by atoms with Crippen molar-refractivity contribution >= 4 is 17.4 Å². The Bertz CT molecular complexity index is 757. The van der Waals surface area contributed by atoms with E-state index >= 15 is 4.39 Å². The van der Waals surface area contributed by atoms with Gasteiger partial charge in [0.2, 0.25) is 0 Å². The summed E-state index contributed by atoms with van der Waals surface area (Å²) in [7, 11) is 1.80. The van der Waals surface area contributed by atoms with Crippen molar-refractivity contribution in [3.63, 3.8) is 0 Å². The van der Waals surface area contributed by atoms with Crippen LogP contribution in [0.2, 0.25) is 5.02 Å². The molecule has 2 N–H and O–H groups in total. The zero-order chi connectivity index (χ0) is 17.3. The van der Waals surface area contributed by atoms with Crippen molar-refractivity contribution in [1.29, 1.82) is 0 Å². The summed E-state index contributed by atoms with van der Waals surface area (Å²) in [5.41, 5.74) is 1.43. The van der Waals surface area contributed by atoms with Gasteiger partial charge in [0.25, 0.3) is 0 Å². The molecule has 1 aliphatic rings. The Kier molecular flexibility index (Phi) is 4.99. The number of aliphatic hydroxyl groups is 1. The summed E-state index contributed by atoms with van der Waals surface area (Å²) in [4.78, 5) is 12.7. The van der Waals surface area contributed by atoms with Crippen molar-refractivity contribution in [2.24, 2.45) is 5.92 Å². The van der Waals surface area contributed by atoms with Gasteiger partial charge in [-0.15, -0.1) is 0 Å². The highest BCUT2D eigenvalue weighted by Crippen LogP contribution is 2.42. The zero-order valence-corrected chi connectivity index (χ0v) is 14.1. The van der Waals surface area contributed by atoms with Crippen LogP contribution in [0.25, 0.3) is 0 Å². The molecular weight excluding hydrogens is 329 g/mol. The molecule has 0 aromatic heterocycles. The van der Waals surface area contributed by atoms with Crippen molar-refractivity contribution in [2.45, 2.75) is 25.5 Å². The van der Waals surface area contributed by atoms with E-state index in [9.17, 15) is 4.79 Å². The van der Waals surface area contributed by atoms with Gasteiger partial charge in [-0.25, -0.2) is 4.39 Å². The summed E-state index contributed by atoms with van der Waals surface area (Å²) in [6.45, 7) is -0.107. The molecule has 2 aromatic carbocycles. The lowest BCUT2D eigenvalue weighted by atomic mass is 9.95. The molecule has 0 spiro atoms. The minimum Gasteiger partial charge on any atom is -0.392 e. The average Bonchev–Trinajstić information content (AvgIpc) is 3.42. The molecule has 1 saturated carbocycles. The molecule has 3 nitrogen and oxygen atoms in total. The van der Waals surface area contributed by atoms with E-state index in [0.717, 1.165) is 12.8 Å². The maximum absolute atomic E-state index is 15.1. The van der Waals surface area contributed by atoms with Gasteiger partial charge in [0.05, 0.1) is 17.2 Å². The van der Waals surface area contributed by atoms with Crippen LogP contribution in [0.15, 0.2) is 36.4 Å². The standard InChI is InChI=1S/C19H19ClFNO2/c1-22-18(12-6-7-12)14-8-9-15(20)16(17(14)21)19(24)13-4-2-11(10-23)3-5-13/h2-5,8-9,12,18,22-23H,6-7,10H2,1H3/t18-/m1/s1. The number of ketones is 1. The number of rotatable bonds is 6. The Morgan fingerprint density at radius 2 is 1.96 bits per heavy atom. The number of benzene rings is 2. The second-order valence-electron chi connectivity index (χ2n) is 6.11. The molecule has 0 aliphatic heterocycles. The quantitative estimate of drug-likeness (QED) is 0.780. The van der Waals surface area contributed by atoms with Crippen LogP contribution in [0, 0.1) is 11.7 Å². The van der Waals surface area contributed by atoms with Crippen LogP contribution in [-0.2, 0) is 6.61 Å². The van der Waals surface area contributed by atoms with E-state index in [1.54, 1.807) is 43.4 Å². The highest BCUT2D eigenvalue weighted by molar-refractivity contribution is 6.35. The highest BCUT2D eigenvalue weighted by Gasteiger charge is 2.34. The maximum atomic E-state index is 15.1. The minimum absolute atomic E-state index is 0.0909. The number of nitrogens with one attached hydrogen (secondary N) is 1. The number of hydrogen-bond donors (Lipinski definition) is 2. The Balaban J connectivity index is 2.00. The molecule has 5 heteroatoms. The topological polar surface area (TPSA) is 49.3 Å². The first kappa shape index (κ1) is 17.1. The summed E-state index contributed by atoms with van der Waals surface area (Å²) >= 11 is 6.13. The van der Waals surface area contributed by atoms with Crippen molar-refractivity contribution in [1.82, 2.24) is 5.32 Å². The summed E-state index contributed by atoms with van der Waals surface area (Å²) in [5, 5.41) is 12.3. The van der Waals surface area contributed by atoms with E-state index in [2.05, 4.69) is 5.32 Å². The molecule has 126 valence electrons. The third-order valence-electron chi connectivity index (χ3n) is 4.49. The van der Waals surface area contributed by atoms with Gasteiger partial charge in [-0.2, -0.15) is 0 Å². The summed E-state index contributed by atoms with van der Waals surface area (Å²) in [5.74, 6) is -0.600. The molecule has 0 heterocycles. The van der Waals surface area contributed by atoms with Gasteiger partial charge in [-0.05, 0) is 37.4 Å². The first-order chi connectivity index (χ1) is 11.6. The van der Waals surface area contributed by atoms with Gasteiger partial charge in [-0.1, -0.05) is 41.9 Å². The number of hydrogen-bond acceptors (Lipinski definition) is 3. The largest absolute Gasteiger partial charge is 0.392 e. The third-order valence-corrected chi connectivity index (χ3v) is 4.80. The van der Waals surface area contributed by atoms with Crippen LogP contribution >= 0.6 is 11.6 Å². The van der Waals surface area contributed by atoms with Gasteiger partial charge < -0.3 is 10.4 Å². The second-order valence-corrected chi connectivity index (χ2v) is 6.52. The third kappa shape index (κ3) is 3.22. The summed E-state index contributed by atoms with van der Waals surface area (Å²) in [6.07, 6.45) is 2.11. The molecule has 1 fully saturated rings. The lowest BCUT2D eigenvalue weighted by Crippen LogP contribution is -2.21. The number of halogens is 2. The Hall–Kier alpha value is -1.75. The van der Waals surface area contributed by atoms with E-state index in [1.807, 2.05) is 0 Å². The smallest absolute Gasteiger partial charge is 0.197 e. The van der Waals surface area contributed by atoms with Gasteiger partial charge in [-0.3, -0.25) is 4.79 Å². The zero-order valence-electron chi connectivity index (χ0n) is 13.4. The van der Waals surface area contributed by atoms with Crippen molar-refractivity contribution in [3.8, 4) is 0 Å². The molecule has 1 atom stereocenters. The number of carbonyl (C=O) groups excluding carboxylic acids is 1. The summed E-state index contributed by atoms with van der Waals surface area (Å²) in [6, 6.07) is 9.57. The molecule has 0 saturated heterocycles. The van der Waals surface area contributed by atoms with E-state index in [4.69, 9.17) is 16.7 Å². The molecule has 2 aromatic rings. The Labute approximate surface area is 145 Å². The predicted molar refractivity (Wildman–Crippen MR) is 91.7 cm³/mol. The molecule has 0 radical (unpaired) electrons. The average molecular weight is 348 g/mol. The van der Waals surface area contributed by atoms with Crippen LogP contribution in [0.5, 0.6) is 0 Å². The molecule has 0 bridgehead atoms. The first-order valence-electron chi connectivity index (χ1n) is 7.96. The summed E-state index contributed by atoms with van der Waals surface area (Å²) < 4.78 is 15.1. The Morgan fingerprint density at radius 1 is 1.29 bits per heavy atom. The SMILES string of the molecule is CN[C@@H](c1ccc(Cl)c(C(=O)c2ccc(CO)cc2)c1F)C1CC1. The lowest BCUT2D eigenvalue weighted by molar-refractivity contribution is 0.103. The molecule has 3 rings (SSSR count). The fourth-order valence-corrected chi connectivity index (χ4v) is 3.23. The monoisotopic (exact) mass is 347 g/mol. The molecule has 24 heavy (non-hydrogen) atoms. The fraction of sp³-hybridized carbons (Fsp3) is 0.316.